The van der Waals surface area contributed by atoms with E-state index in [1.807, 2.05) is 0 Å². The highest BCUT2D eigenvalue weighted by Crippen LogP contribution is 2.27. The van der Waals surface area contributed by atoms with E-state index >= 15 is 0 Å². The summed E-state index contributed by atoms with van der Waals surface area (Å²) in [6.07, 6.45) is 2.43. The number of piperazine rings is 1. The van der Waals surface area contributed by atoms with Gasteiger partial charge in [0.2, 0.25) is 15.9 Å². The molecule has 27 heavy (non-hydrogen) atoms. The van der Waals surface area contributed by atoms with E-state index in [0.29, 0.717) is 24.6 Å². The van der Waals surface area contributed by atoms with Gasteiger partial charge in [0.15, 0.2) is 0 Å². The second kappa shape index (κ2) is 7.91. The largest absolute Gasteiger partial charge is 0.339 e. The Morgan fingerprint density at radius 2 is 1.93 bits per heavy atom. The summed E-state index contributed by atoms with van der Waals surface area (Å²) in [6.45, 7) is 3.73. The van der Waals surface area contributed by atoms with Gasteiger partial charge in [-0.05, 0) is 37.8 Å². The summed E-state index contributed by atoms with van der Waals surface area (Å²) in [5, 5.41) is 14.1. The minimum absolute atomic E-state index is 0.0285. The van der Waals surface area contributed by atoms with E-state index in [1.54, 1.807) is 11.8 Å². The van der Waals surface area contributed by atoms with Crippen LogP contribution in [0.3, 0.4) is 0 Å². The van der Waals surface area contributed by atoms with Crippen LogP contribution >= 0.6 is 0 Å². The molecule has 9 nitrogen and oxygen atoms in total. The fraction of sp³-hybridized carbons (Fsp3) is 0.588. The molecule has 1 amide bonds. The third kappa shape index (κ3) is 4.63. The highest BCUT2D eigenvalue weighted by atomic mass is 32.2. The maximum Gasteiger partial charge on any atom is 0.270 e. The molecule has 1 heterocycles. The lowest BCUT2D eigenvalue weighted by Crippen LogP contribution is -2.52. The molecule has 1 saturated carbocycles. The summed E-state index contributed by atoms with van der Waals surface area (Å²) < 4.78 is 27.1. The van der Waals surface area contributed by atoms with E-state index in [4.69, 9.17) is 0 Å². The Bertz CT molecular complexity index is 830. The number of nitro groups is 1. The Balaban J connectivity index is 1.61. The fourth-order valence-electron chi connectivity index (χ4n) is 3.11. The Kier molecular flexibility index (Phi) is 5.78. The third-order valence-corrected chi connectivity index (χ3v) is 7.04. The average molecular weight is 396 g/mol. The molecular formula is C17H24N4O5S. The summed E-state index contributed by atoms with van der Waals surface area (Å²) in [5.41, 5.74) is 0.207. The molecule has 2 aliphatic rings. The van der Waals surface area contributed by atoms with Crippen molar-refractivity contribution in [3.05, 3.63) is 33.9 Å². The molecule has 0 spiro atoms. The van der Waals surface area contributed by atoms with Crippen LogP contribution in [0, 0.1) is 23.0 Å². The standard InChI is InChI=1S/C17H24N4O5S/c1-13-2-5-15(21(23)24)10-16(13)27(25,26)20-8-6-19(7-9-20)17(22)12-18-11-14-3-4-14/h2,5,10,14,18H,3-4,6-9,11-12H2,1H3. The zero-order valence-electron chi connectivity index (χ0n) is 15.3. The smallest absolute Gasteiger partial charge is 0.270 e. The van der Waals surface area contributed by atoms with Gasteiger partial charge in [0.1, 0.15) is 0 Å². The van der Waals surface area contributed by atoms with E-state index < -0.39 is 14.9 Å². The van der Waals surface area contributed by atoms with Gasteiger partial charge in [-0.25, -0.2) is 8.42 Å². The second-order valence-electron chi connectivity index (χ2n) is 7.07. The van der Waals surface area contributed by atoms with E-state index in [0.717, 1.165) is 12.6 Å². The molecular weight excluding hydrogens is 372 g/mol. The number of carbonyl (C=O) groups excluding carboxylic acids is 1. The minimum Gasteiger partial charge on any atom is -0.339 e. The molecule has 1 aliphatic carbocycles. The van der Waals surface area contributed by atoms with E-state index in [2.05, 4.69) is 5.32 Å². The van der Waals surface area contributed by atoms with Crippen molar-refractivity contribution < 1.29 is 18.1 Å². The first-order chi connectivity index (χ1) is 12.8. The highest BCUT2D eigenvalue weighted by molar-refractivity contribution is 7.89. The number of nitrogens with one attached hydrogen (secondary N) is 1. The fourth-order valence-corrected chi connectivity index (χ4v) is 4.78. The van der Waals surface area contributed by atoms with Crippen LogP contribution in [0.25, 0.3) is 0 Å². The number of aryl methyl sites for hydroxylation is 1. The monoisotopic (exact) mass is 396 g/mol. The van der Waals surface area contributed by atoms with Crippen molar-refractivity contribution in [3.8, 4) is 0 Å². The van der Waals surface area contributed by atoms with Gasteiger partial charge in [-0.2, -0.15) is 4.31 Å². The number of nitro benzene ring substituents is 1. The van der Waals surface area contributed by atoms with Crippen molar-refractivity contribution in [2.24, 2.45) is 5.92 Å². The van der Waals surface area contributed by atoms with Gasteiger partial charge >= 0.3 is 0 Å². The van der Waals surface area contributed by atoms with Gasteiger partial charge in [0, 0.05) is 38.3 Å². The zero-order valence-corrected chi connectivity index (χ0v) is 16.1. The Morgan fingerprint density at radius 3 is 2.52 bits per heavy atom. The topological polar surface area (TPSA) is 113 Å². The normalized spacial score (nSPS) is 18.5. The van der Waals surface area contributed by atoms with Gasteiger partial charge in [-0.3, -0.25) is 14.9 Å². The SMILES string of the molecule is Cc1ccc([N+](=O)[O-])cc1S(=O)(=O)N1CCN(C(=O)CNCC2CC2)CC1. The zero-order chi connectivity index (χ0) is 19.6. The number of rotatable bonds is 7. The van der Waals surface area contributed by atoms with Crippen LogP contribution in [0.1, 0.15) is 18.4 Å². The Morgan fingerprint density at radius 1 is 1.26 bits per heavy atom. The third-order valence-electron chi connectivity index (χ3n) is 5.00. The van der Waals surface area contributed by atoms with Crippen molar-refractivity contribution in [3.63, 3.8) is 0 Å². The number of benzene rings is 1. The van der Waals surface area contributed by atoms with Crippen molar-refractivity contribution in [1.82, 2.24) is 14.5 Å². The van der Waals surface area contributed by atoms with Crippen LogP contribution in [0.15, 0.2) is 23.1 Å². The Hall–Kier alpha value is -2.04. The Labute approximate surface area is 158 Å². The molecule has 3 rings (SSSR count). The summed E-state index contributed by atoms with van der Waals surface area (Å²) in [7, 11) is -3.84. The predicted molar refractivity (Wildman–Crippen MR) is 98.8 cm³/mol. The molecule has 0 radical (unpaired) electrons. The molecule has 1 aliphatic heterocycles. The number of hydrogen-bond donors (Lipinski definition) is 1. The summed E-state index contributed by atoms with van der Waals surface area (Å²) in [6, 6.07) is 3.83. The summed E-state index contributed by atoms with van der Waals surface area (Å²) >= 11 is 0. The van der Waals surface area contributed by atoms with Crippen molar-refractivity contribution in [2.75, 3.05) is 39.3 Å². The van der Waals surface area contributed by atoms with Gasteiger partial charge in [-0.15, -0.1) is 0 Å². The first-order valence-electron chi connectivity index (χ1n) is 9.02. The van der Waals surface area contributed by atoms with Crippen LogP contribution in [-0.2, 0) is 14.8 Å². The quantitative estimate of drug-likeness (QED) is 0.537. The van der Waals surface area contributed by atoms with Crippen LogP contribution in [0.4, 0.5) is 5.69 Å². The molecule has 148 valence electrons. The van der Waals surface area contributed by atoms with E-state index in [1.165, 1.54) is 29.3 Å². The number of non-ortho nitro benzene ring substituents is 1. The van der Waals surface area contributed by atoms with E-state index in [9.17, 15) is 23.3 Å². The molecule has 1 saturated heterocycles. The maximum absolute atomic E-state index is 12.9. The maximum atomic E-state index is 12.9. The first kappa shape index (κ1) is 19.7. The van der Waals surface area contributed by atoms with Crippen LogP contribution < -0.4 is 5.32 Å². The number of carbonyl (C=O) groups is 1. The average Bonchev–Trinajstić information content (AvgIpc) is 3.46. The number of nitrogens with zero attached hydrogens (tertiary/aromatic N) is 3. The van der Waals surface area contributed by atoms with Gasteiger partial charge in [-0.1, -0.05) is 6.07 Å². The van der Waals surface area contributed by atoms with Gasteiger partial charge < -0.3 is 10.2 Å². The van der Waals surface area contributed by atoms with Gasteiger partial charge in [0.05, 0.1) is 16.4 Å². The summed E-state index contributed by atoms with van der Waals surface area (Å²) in [4.78, 5) is 24.2. The molecule has 10 heteroatoms. The lowest BCUT2D eigenvalue weighted by molar-refractivity contribution is -0.385. The molecule has 1 aromatic rings. The van der Waals surface area contributed by atoms with Crippen LogP contribution in [-0.4, -0.2) is 67.7 Å². The molecule has 0 unspecified atom stereocenters. The first-order valence-corrected chi connectivity index (χ1v) is 10.5. The van der Waals surface area contributed by atoms with Gasteiger partial charge in [0.25, 0.3) is 5.69 Å². The number of sulfonamides is 1. The highest BCUT2D eigenvalue weighted by Gasteiger charge is 2.32. The minimum atomic E-state index is -3.84. The molecule has 2 fully saturated rings. The molecule has 0 atom stereocenters. The van der Waals surface area contributed by atoms with Crippen molar-refractivity contribution in [1.29, 1.82) is 0 Å². The molecule has 0 aromatic heterocycles. The van der Waals surface area contributed by atoms with Crippen molar-refractivity contribution in [2.45, 2.75) is 24.7 Å². The molecule has 0 bridgehead atoms. The van der Waals surface area contributed by atoms with E-state index in [-0.39, 0.29) is 36.1 Å². The lowest BCUT2D eigenvalue weighted by Gasteiger charge is -2.34. The summed E-state index contributed by atoms with van der Waals surface area (Å²) in [5.74, 6) is 0.664. The molecule has 1 aromatic carbocycles. The van der Waals surface area contributed by atoms with Crippen LogP contribution in [0.5, 0.6) is 0 Å². The lowest BCUT2D eigenvalue weighted by atomic mass is 10.2. The van der Waals surface area contributed by atoms with Crippen molar-refractivity contribution >= 4 is 21.6 Å². The number of amides is 1. The molecule has 1 N–H and O–H groups in total. The second-order valence-corrected chi connectivity index (χ2v) is 8.97. The predicted octanol–water partition coefficient (Wildman–Crippen LogP) is 0.736. The number of hydrogen-bond acceptors (Lipinski definition) is 6. The van der Waals surface area contributed by atoms with Crippen LogP contribution in [0.2, 0.25) is 0 Å².